The second-order valence-corrected chi connectivity index (χ2v) is 4.95. The maximum atomic E-state index is 11.2. The molecule has 0 saturated carbocycles. The Morgan fingerprint density at radius 1 is 0.905 bits per heavy atom. The average Bonchev–Trinajstić information content (AvgIpc) is 2.53. The normalized spacial score (nSPS) is 10.1. The van der Waals surface area contributed by atoms with Crippen molar-refractivity contribution in [2.45, 2.75) is 44.9 Å². The Labute approximate surface area is 126 Å². The Morgan fingerprint density at radius 3 is 2.19 bits per heavy atom. The van der Waals surface area contributed by atoms with Crippen LogP contribution in [0.5, 0.6) is 5.75 Å². The number of para-hydroxylation sites is 1. The van der Waals surface area contributed by atoms with E-state index in [-0.39, 0.29) is 0 Å². The number of ketones is 1. The number of Topliss-reactive ketones (excluding diaryl/α,β-unsaturated/α-hetero) is 1. The van der Waals surface area contributed by atoms with Gasteiger partial charge in [-0.3, -0.25) is 4.79 Å². The third kappa shape index (κ3) is 8.12. The van der Waals surface area contributed by atoms with Crippen LogP contribution < -0.4 is 4.74 Å². The average molecular weight is 292 g/mol. The van der Waals surface area contributed by atoms with E-state index in [2.05, 4.69) is 4.74 Å². The third-order valence-electron chi connectivity index (χ3n) is 3.22. The highest BCUT2D eigenvalue weighted by molar-refractivity contribution is 6.33. The minimum Gasteiger partial charge on any atom is -0.494 e. The molecule has 0 unspecified atom stereocenters. The van der Waals surface area contributed by atoms with Crippen LogP contribution >= 0.6 is 0 Å². The predicted octanol–water partition coefficient (Wildman–Crippen LogP) is 3.54. The van der Waals surface area contributed by atoms with E-state index in [0.717, 1.165) is 50.9 Å². The fraction of sp³-hybridized carbons (Fsp3) is 0.529. The van der Waals surface area contributed by atoms with Gasteiger partial charge >= 0.3 is 5.97 Å². The highest BCUT2D eigenvalue weighted by Crippen LogP contribution is 2.11. The Morgan fingerprint density at radius 2 is 1.52 bits per heavy atom. The summed E-state index contributed by atoms with van der Waals surface area (Å²) in [7, 11) is 1.23. The molecule has 1 aromatic carbocycles. The van der Waals surface area contributed by atoms with Gasteiger partial charge in [0.25, 0.3) is 0 Å². The molecule has 0 N–H and O–H groups in total. The van der Waals surface area contributed by atoms with Gasteiger partial charge in [-0.15, -0.1) is 0 Å². The van der Waals surface area contributed by atoms with Crippen molar-refractivity contribution in [3.8, 4) is 5.75 Å². The Kier molecular flexibility index (Phi) is 8.93. The molecule has 1 aromatic rings. The molecule has 4 heteroatoms. The Bertz CT molecular complexity index is 414. The SMILES string of the molecule is COC(=O)C(=O)CCCCCCCCOc1ccccc1. The minimum absolute atomic E-state index is 0.295. The lowest BCUT2D eigenvalue weighted by Gasteiger charge is -2.05. The van der Waals surface area contributed by atoms with E-state index in [4.69, 9.17) is 4.74 Å². The van der Waals surface area contributed by atoms with Gasteiger partial charge in [-0.25, -0.2) is 4.79 Å². The van der Waals surface area contributed by atoms with Gasteiger partial charge in [-0.2, -0.15) is 0 Å². The van der Waals surface area contributed by atoms with Gasteiger partial charge in [-0.1, -0.05) is 43.9 Å². The molecule has 0 atom stereocenters. The van der Waals surface area contributed by atoms with Gasteiger partial charge in [0.2, 0.25) is 5.78 Å². The van der Waals surface area contributed by atoms with Gasteiger partial charge in [0.15, 0.2) is 0 Å². The van der Waals surface area contributed by atoms with Crippen LogP contribution in [0.3, 0.4) is 0 Å². The fourth-order valence-electron chi connectivity index (χ4n) is 2.02. The van der Waals surface area contributed by atoms with Crippen molar-refractivity contribution in [1.82, 2.24) is 0 Å². The molecule has 0 aliphatic carbocycles. The number of carbonyl (C=O) groups excluding carboxylic acids is 2. The summed E-state index contributed by atoms with van der Waals surface area (Å²) in [5.74, 6) is -0.236. The van der Waals surface area contributed by atoms with Crippen molar-refractivity contribution in [1.29, 1.82) is 0 Å². The van der Waals surface area contributed by atoms with Crippen molar-refractivity contribution >= 4 is 11.8 Å². The molecule has 0 bridgehead atoms. The monoisotopic (exact) mass is 292 g/mol. The number of benzene rings is 1. The number of unbranched alkanes of at least 4 members (excludes halogenated alkanes) is 5. The molecular formula is C17H24O4. The molecule has 0 amide bonds. The maximum absolute atomic E-state index is 11.2. The first kappa shape index (κ1) is 17.2. The fourth-order valence-corrected chi connectivity index (χ4v) is 2.02. The molecular weight excluding hydrogens is 268 g/mol. The van der Waals surface area contributed by atoms with E-state index in [9.17, 15) is 9.59 Å². The highest BCUT2D eigenvalue weighted by atomic mass is 16.5. The third-order valence-corrected chi connectivity index (χ3v) is 3.22. The topological polar surface area (TPSA) is 52.6 Å². The lowest BCUT2D eigenvalue weighted by atomic mass is 10.1. The van der Waals surface area contributed by atoms with Crippen molar-refractivity contribution in [2.75, 3.05) is 13.7 Å². The number of hydrogen-bond acceptors (Lipinski definition) is 4. The first-order valence-electron chi connectivity index (χ1n) is 7.53. The number of methoxy groups -OCH3 is 1. The van der Waals surface area contributed by atoms with Gasteiger partial charge in [0, 0.05) is 6.42 Å². The summed E-state index contributed by atoms with van der Waals surface area (Å²) in [4.78, 5) is 22.1. The van der Waals surface area contributed by atoms with Crippen LogP contribution in [-0.4, -0.2) is 25.5 Å². The number of rotatable bonds is 11. The van der Waals surface area contributed by atoms with Gasteiger partial charge in [-0.05, 0) is 25.0 Å². The highest BCUT2D eigenvalue weighted by Gasteiger charge is 2.12. The quantitative estimate of drug-likeness (QED) is 0.355. The number of hydrogen-bond donors (Lipinski definition) is 0. The van der Waals surface area contributed by atoms with Gasteiger partial charge < -0.3 is 9.47 Å². The second-order valence-electron chi connectivity index (χ2n) is 4.95. The number of ether oxygens (including phenoxy) is 2. The van der Waals surface area contributed by atoms with E-state index in [1.54, 1.807) is 0 Å². The van der Waals surface area contributed by atoms with Crippen molar-refractivity contribution in [2.24, 2.45) is 0 Å². The van der Waals surface area contributed by atoms with Crippen LogP contribution in [-0.2, 0) is 14.3 Å². The van der Waals surface area contributed by atoms with E-state index in [1.807, 2.05) is 30.3 Å². The molecule has 0 fully saturated rings. The second kappa shape index (κ2) is 10.9. The summed E-state index contributed by atoms with van der Waals surface area (Å²) < 4.78 is 9.98. The summed E-state index contributed by atoms with van der Waals surface area (Å²) in [6.45, 7) is 0.741. The number of esters is 1. The Hall–Kier alpha value is -1.84. The van der Waals surface area contributed by atoms with E-state index < -0.39 is 11.8 Å². The molecule has 116 valence electrons. The zero-order valence-corrected chi connectivity index (χ0v) is 12.7. The molecule has 0 radical (unpaired) electrons. The molecule has 0 saturated heterocycles. The smallest absolute Gasteiger partial charge is 0.374 e. The van der Waals surface area contributed by atoms with E-state index in [1.165, 1.54) is 7.11 Å². The van der Waals surface area contributed by atoms with Crippen LogP contribution in [0, 0.1) is 0 Å². The first-order chi connectivity index (χ1) is 10.2. The zero-order valence-electron chi connectivity index (χ0n) is 12.7. The van der Waals surface area contributed by atoms with Crippen molar-refractivity contribution in [3.63, 3.8) is 0 Å². The van der Waals surface area contributed by atoms with Crippen LogP contribution in [0.1, 0.15) is 44.9 Å². The van der Waals surface area contributed by atoms with Gasteiger partial charge in [0.1, 0.15) is 5.75 Å². The molecule has 0 aromatic heterocycles. The number of carbonyl (C=O) groups is 2. The van der Waals surface area contributed by atoms with Crippen LogP contribution in [0.15, 0.2) is 30.3 Å². The standard InChI is InChI=1S/C17H24O4/c1-20-17(19)16(18)13-9-4-2-3-5-10-14-21-15-11-7-6-8-12-15/h6-8,11-12H,2-5,9-10,13-14H2,1H3. The van der Waals surface area contributed by atoms with E-state index >= 15 is 0 Å². The maximum Gasteiger partial charge on any atom is 0.374 e. The summed E-state index contributed by atoms with van der Waals surface area (Å²) in [6, 6.07) is 9.81. The van der Waals surface area contributed by atoms with Crippen molar-refractivity contribution in [3.05, 3.63) is 30.3 Å². The molecule has 4 nitrogen and oxygen atoms in total. The molecule has 1 rings (SSSR count). The molecule has 21 heavy (non-hydrogen) atoms. The molecule has 0 heterocycles. The summed E-state index contributed by atoms with van der Waals surface area (Å²) in [5, 5.41) is 0. The van der Waals surface area contributed by atoms with Crippen LogP contribution in [0.4, 0.5) is 0 Å². The Balaban J connectivity index is 1.89. The van der Waals surface area contributed by atoms with Gasteiger partial charge in [0.05, 0.1) is 13.7 Å². The molecule has 0 spiro atoms. The summed E-state index contributed by atoms with van der Waals surface area (Å²) in [6.07, 6.45) is 6.40. The molecule has 0 aliphatic heterocycles. The van der Waals surface area contributed by atoms with Crippen molar-refractivity contribution < 1.29 is 19.1 Å². The lowest BCUT2D eigenvalue weighted by Crippen LogP contribution is -2.14. The minimum atomic E-state index is -0.729. The van der Waals surface area contributed by atoms with Crippen LogP contribution in [0.2, 0.25) is 0 Å². The van der Waals surface area contributed by atoms with E-state index in [0.29, 0.717) is 6.42 Å². The summed E-state index contributed by atoms with van der Waals surface area (Å²) >= 11 is 0. The predicted molar refractivity (Wildman–Crippen MR) is 81.3 cm³/mol. The lowest BCUT2D eigenvalue weighted by molar-refractivity contribution is -0.151. The summed E-state index contributed by atoms with van der Waals surface area (Å²) in [5.41, 5.74) is 0. The van der Waals surface area contributed by atoms with Crippen LogP contribution in [0.25, 0.3) is 0 Å². The molecule has 0 aliphatic rings. The zero-order chi connectivity index (χ0) is 15.3. The largest absolute Gasteiger partial charge is 0.494 e. The first-order valence-corrected chi connectivity index (χ1v) is 7.53.